The molecule has 2 aromatic rings. The number of hydrogen-bond acceptors (Lipinski definition) is 6. The Balaban J connectivity index is 2.41. The fourth-order valence-electron chi connectivity index (χ4n) is 1.40. The molecule has 18 heavy (non-hydrogen) atoms. The van der Waals surface area contributed by atoms with E-state index in [1.54, 1.807) is 18.2 Å². The Morgan fingerprint density at radius 1 is 1.28 bits per heavy atom. The molecule has 0 saturated heterocycles. The van der Waals surface area contributed by atoms with E-state index < -0.39 is 11.9 Å². The van der Waals surface area contributed by atoms with Gasteiger partial charge in [0.15, 0.2) is 11.5 Å². The van der Waals surface area contributed by atoms with Gasteiger partial charge in [-0.1, -0.05) is 5.16 Å². The molecule has 0 aliphatic carbocycles. The van der Waals surface area contributed by atoms with Crippen LogP contribution in [-0.4, -0.2) is 35.4 Å². The van der Waals surface area contributed by atoms with Crippen LogP contribution in [0.4, 0.5) is 0 Å². The van der Waals surface area contributed by atoms with Crippen molar-refractivity contribution in [3.8, 4) is 22.9 Å². The van der Waals surface area contributed by atoms with Crippen LogP contribution in [-0.2, 0) is 0 Å². The monoisotopic (exact) mass is 250 g/mol. The second-order valence-corrected chi connectivity index (χ2v) is 3.30. The first-order valence-electron chi connectivity index (χ1n) is 4.95. The third-order valence-electron chi connectivity index (χ3n) is 2.25. The lowest BCUT2D eigenvalue weighted by atomic mass is 10.2. The van der Waals surface area contributed by atoms with Crippen molar-refractivity contribution in [1.82, 2.24) is 10.1 Å². The molecule has 0 aliphatic rings. The molecule has 0 spiro atoms. The van der Waals surface area contributed by atoms with Crippen LogP contribution in [0.1, 0.15) is 10.7 Å². The maximum absolute atomic E-state index is 10.6. The second kappa shape index (κ2) is 4.74. The van der Waals surface area contributed by atoms with Crippen molar-refractivity contribution in [3.05, 3.63) is 24.1 Å². The summed E-state index contributed by atoms with van der Waals surface area (Å²) >= 11 is 0. The van der Waals surface area contributed by atoms with Crippen LogP contribution in [0.25, 0.3) is 11.4 Å². The van der Waals surface area contributed by atoms with Crippen molar-refractivity contribution >= 4 is 5.97 Å². The fraction of sp³-hybridized carbons (Fsp3) is 0.182. The molecule has 1 aromatic heterocycles. The first kappa shape index (κ1) is 11.9. The summed E-state index contributed by atoms with van der Waals surface area (Å²) in [6.45, 7) is 0. The highest BCUT2D eigenvalue weighted by Crippen LogP contribution is 2.31. The molecule has 0 bridgehead atoms. The zero-order valence-corrected chi connectivity index (χ0v) is 9.71. The third kappa shape index (κ3) is 2.10. The van der Waals surface area contributed by atoms with Crippen molar-refractivity contribution in [2.45, 2.75) is 0 Å². The quantitative estimate of drug-likeness (QED) is 0.877. The Labute approximate surface area is 102 Å². The van der Waals surface area contributed by atoms with Gasteiger partial charge in [0.2, 0.25) is 5.82 Å². The molecule has 1 N–H and O–H groups in total. The van der Waals surface area contributed by atoms with E-state index in [-0.39, 0.29) is 5.82 Å². The van der Waals surface area contributed by atoms with Crippen LogP contribution in [0.2, 0.25) is 0 Å². The molecule has 0 atom stereocenters. The summed E-state index contributed by atoms with van der Waals surface area (Å²) in [7, 11) is 3.02. The predicted octanol–water partition coefficient (Wildman–Crippen LogP) is 1.45. The summed E-state index contributed by atoms with van der Waals surface area (Å²) in [4.78, 5) is 14.4. The Bertz CT molecular complexity index is 579. The van der Waals surface area contributed by atoms with E-state index in [4.69, 9.17) is 14.6 Å². The summed E-state index contributed by atoms with van der Waals surface area (Å²) in [5.74, 6) is -0.498. The summed E-state index contributed by atoms with van der Waals surface area (Å²) in [5, 5.41) is 12.3. The van der Waals surface area contributed by atoms with Gasteiger partial charge in [0.1, 0.15) is 0 Å². The number of aromatic nitrogens is 2. The largest absolute Gasteiger partial charge is 0.493 e. The molecule has 0 saturated carbocycles. The minimum absolute atomic E-state index is 0.174. The second-order valence-electron chi connectivity index (χ2n) is 3.30. The molecule has 0 radical (unpaired) electrons. The van der Waals surface area contributed by atoms with Gasteiger partial charge in [-0.05, 0) is 18.2 Å². The topological polar surface area (TPSA) is 94.7 Å². The van der Waals surface area contributed by atoms with Crippen LogP contribution >= 0.6 is 0 Å². The fourth-order valence-corrected chi connectivity index (χ4v) is 1.40. The van der Waals surface area contributed by atoms with Crippen LogP contribution in [0.3, 0.4) is 0 Å². The average molecular weight is 250 g/mol. The maximum atomic E-state index is 10.6. The lowest BCUT2D eigenvalue weighted by molar-refractivity contribution is 0.0643. The van der Waals surface area contributed by atoms with Gasteiger partial charge in [-0.15, -0.1) is 0 Å². The first-order valence-corrected chi connectivity index (χ1v) is 4.95. The highest BCUT2D eigenvalue weighted by molar-refractivity contribution is 5.82. The Morgan fingerprint density at radius 3 is 2.56 bits per heavy atom. The highest BCUT2D eigenvalue weighted by Gasteiger charge is 2.15. The van der Waals surface area contributed by atoms with E-state index in [9.17, 15) is 4.79 Å². The molecule has 2 rings (SSSR count). The van der Waals surface area contributed by atoms with Crippen molar-refractivity contribution in [2.75, 3.05) is 14.2 Å². The predicted molar refractivity (Wildman–Crippen MR) is 59.8 cm³/mol. The third-order valence-corrected chi connectivity index (χ3v) is 2.25. The number of hydrogen-bond donors (Lipinski definition) is 1. The van der Waals surface area contributed by atoms with Crippen LogP contribution in [0, 0.1) is 0 Å². The molecule has 1 heterocycles. The van der Waals surface area contributed by atoms with Gasteiger partial charge < -0.3 is 19.1 Å². The number of rotatable bonds is 4. The summed E-state index contributed by atoms with van der Waals surface area (Å²) in [6, 6.07) is 4.98. The Kier molecular flexibility index (Phi) is 3.13. The van der Waals surface area contributed by atoms with E-state index >= 15 is 0 Å². The van der Waals surface area contributed by atoms with Gasteiger partial charge in [0, 0.05) is 5.56 Å². The van der Waals surface area contributed by atoms with Crippen molar-refractivity contribution in [2.24, 2.45) is 0 Å². The Morgan fingerprint density at radius 2 is 2.00 bits per heavy atom. The number of carboxylic acid groups (broad SMARTS) is 1. The van der Waals surface area contributed by atoms with E-state index in [0.717, 1.165) is 0 Å². The number of ether oxygens (including phenoxy) is 2. The lowest BCUT2D eigenvalue weighted by Crippen LogP contribution is -1.95. The van der Waals surface area contributed by atoms with Gasteiger partial charge in [0.05, 0.1) is 14.2 Å². The lowest BCUT2D eigenvalue weighted by Gasteiger charge is -2.07. The minimum atomic E-state index is -1.27. The number of benzene rings is 1. The standard InChI is InChI=1S/C11H10N2O5/c1-16-7-4-3-6(5-8(7)17-2)9-12-10(11(14)15)18-13-9/h3-5H,1-2H3,(H,14,15). The molecule has 94 valence electrons. The zero-order chi connectivity index (χ0) is 13.1. The number of aromatic carboxylic acids is 1. The van der Waals surface area contributed by atoms with Crippen molar-refractivity contribution in [1.29, 1.82) is 0 Å². The number of nitrogens with zero attached hydrogens (tertiary/aromatic N) is 2. The van der Waals surface area contributed by atoms with Crippen molar-refractivity contribution < 1.29 is 23.9 Å². The molecule has 0 aliphatic heterocycles. The van der Waals surface area contributed by atoms with Gasteiger partial charge >= 0.3 is 11.9 Å². The maximum Gasteiger partial charge on any atom is 0.394 e. The van der Waals surface area contributed by atoms with Gasteiger partial charge in [-0.25, -0.2) is 4.79 Å². The summed E-state index contributed by atoms with van der Waals surface area (Å²) in [6.07, 6.45) is 0. The number of methoxy groups -OCH3 is 2. The molecule has 0 fully saturated rings. The smallest absolute Gasteiger partial charge is 0.394 e. The molecule has 7 heteroatoms. The van der Waals surface area contributed by atoms with Crippen molar-refractivity contribution in [3.63, 3.8) is 0 Å². The van der Waals surface area contributed by atoms with E-state index in [0.29, 0.717) is 17.1 Å². The van der Waals surface area contributed by atoms with Gasteiger partial charge in [-0.3, -0.25) is 0 Å². The van der Waals surface area contributed by atoms with Crippen LogP contribution in [0.5, 0.6) is 11.5 Å². The zero-order valence-electron chi connectivity index (χ0n) is 9.71. The molecule has 0 unspecified atom stereocenters. The van der Waals surface area contributed by atoms with E-state index in [1.165, 1.54) is 14.2 Å². The minimum Gasteiger partial charge on any atom is -0.493 e. The molecular weight excluding hydrogens is 240 g/mol. The SMILES string of the molecule is COc1ccc(-c2noc(C(=O)O)n2)cc1OC. The highest BCUT2D eigenvalue weighted by atomic mass is 16.5. The summed E-state index contributed by atoms with van der Waals surface area (Å²) < 4.78 is 14.8. The average Bonchev–Trinajstić information content (AvgIpc) is 2.87. The number of carboxylic acids is 1. The van der Waals surface area contributed by atoms with E-state index in [1.807, 2.05) is 0 Å². The molecule has 1 aromatic carbocycles. The Hall–Kier alpha value is -2.57. The van der Waals surface area contributed by atoms with Crippen LogP contribution < -0.4 is 9.47 Å². The normalized spacial score (nSPS) is 10.1. The summed E-state index contributed by atoms with van der Waals surface area (Å²) in [5.41, 5.74) is 0.573. The van der Waals surface area contributed by atoms with Gasteiger partial charge in [0.25, 0.3) is 0 Å². The molecular formula is C11H10N2O5. The van der Waals surface area contributed by atoms with E-state index in [2.05, 4.69) is 14.7 Å². The van der Waals surface area contributed by atoms with Gasteiger partial charge in [-0.2, -0.15) is 4.98 Å². The van der Waals surface area contributed by atoms with Crippen LogP contribution in [0.15, 0.2) is 22.7 Å². The molecule has 0 amide bonds. The number of carbonyl (C=O) groups is 1. The first-order chi connectivity index (χ1) is 8.65. The molecule has 7 nitrogen and oxygen atoms in total.